The number of amides is 2. The molecule has 1 aromatic rings. The Balaban J connectivity index is 2.67. The summed E-state index contributed by atoms with van der Waals surface area (Å²) in [7, 11) is 0. The van der Waals surface area contributed by atoms with Crippen molar-refractivity contribution >= 4 is 27.6 Å². The predicted molar refractivity (Wildman–Crippen MR) is 67.4 cm³/mol. The molecule has 0 radical (unpaired) electrons. The van der Waals surface area contributed by atoms with Crippen molar-refractivity contribution in [3.8, 4) is 0 Å². The number of anilines is 1. The first kappa shape index (κ1) is 14.8. The lowest BCUT2D eigenvalue weighted by molar-refractivity contribution is 0.241. The lowest BCUT2D eigenvalue weighted by atomic mass is 10.2. The van der Waals surface area contributed by atoms with Gasteiger partial charge in [-0.3, -0.25) is 0 Å². The smallest absolute Gasteiger partial charge is 0.319 e. The third-order valence-electron chi connectivity index (χ3n) is 2.20. The quantitative estimate of drug-likeness (QED) is 0.746. The van der Waals surface area contributed by atoms with Crippen LogP contribution in [0.15, 0.2) is 16.6 Å². The number of nitrogens with one attached hydrogen (secondary N) is 2. The summed E-state index contributed by atoms with van der Waals surface area (Å²) in [6.45, 7) is 1.62. The molecule has 0 unspecified atom stereocenters. The highest BCUT2D eigenvalue weighted by atomic mass is 79.9. The van der Waals surface area contributed by atoms with Gasteiger partial charge in [-0.2, -0.15) is 0 Å². The zero-order valence-electron chi connectivity index (χ0n) is 9.64. The molecule has 7 heteroatoms. The van der Waals surface area contributed by atoms with Crippen LogP contribution in [-0.4, -0.2) is 23.8 Å². The monoisotopic (exact) mass is 322 g/mol. The molecule has 4 nitrogen and oxygen atoms in total. The summed E-state index contributed by atoms with van der Waals surface area (Å²) < 4.78 is 26.6. The molecule has 0 aromatic heterocycles. The molecule has 0 aliphatic heterocycles. The molecule has 0 saturated carbocycles. The molecule has 1 rings (SSSR count). The average Bonchev–Trinajstić information content (AvgIpc) is 2.26. The highest BCUT2D eigenvalue weighted by Crippen LogP contribution is 2.23. The maximum Gasteiger partial charge on any atom is 0.319 e. The first-order valence-electron chi connectivity index (χ1n) is 5.27. The number of carbonyl (C=O) groups excluding carboxylic acids is 1. The number of rotatable bonds is 4. The second-order valence-electron chi connectivity index (χ2n) is 3.76. The summed E-state index contributed by atoms with van der Waals surface area (Å²) in [5.41, 5.74) is -0.246. The van der Waals surface area contributed by atoms with E-state index in [4.69, 9.17) is 5.11 Å². The van der Waals surface area contributed by atoms with Crippen LogP contribution in [0.5, 0.6) is 0 Å². The van der Waals surface area contributed by atoms with E-state index in [0.29, 0.717) is 6.42 Å². The van der Waals surface area contributed by atoms with E-state index < -0.39 is 17.7 Å². The summed E-state index contributed by atoms with van der Waals surface area (Å²) >= 11 is 2.84. The van der Waals surface area contributed by atoms with Gasteiger partial charge in [-0.25, -0.2) is 13.6 Å². The van der Waals surface area contributed by atoms with Crippen LogP contribution in [0.25, 0.3) is 0 Å². The fourth-order valence-electron chi connectivity index (χ4n) is 1.27. The largest absolute Gasteiger partial charge is 0.396 e. The van der Waals surface area contributed by atoms with Crippen LogP contribution in [0, 0.1) is 11.6 Å². The number of carbonyl (C=O) groups is 1. The molecule has 100 valence electrons. The van der Waals surface area contributed by atoms with Crippen LogP contribution in [0.1, 0.15) is 13.3 Å². The Morgan fingerprint density at radius 3 is 2.72 bits per heavy atom. The Morgan fingerprint density at radius 1 is 1.44 bits per heavy atom. The summed E-state index contributed by atoms with van der Waals surface area (Å²) in [6, 6.07) is 0.896. The van der Waals surface area contributed by atoms with E-state index in [9.17, 15) is 13.6 Å². The molecule has 1 atom stereocenters. The highest BCUT2D eigenvalue weighted by molar-refractivity contribution is 9.10. The zero-order valence-corrected chi connectivity index (χ0v) is 11.2. The Labute approximate surface area is 112 Å². The molecular formula is C11H13BrF2N2O2. The van der Waals surface area contributed by atoms with Crippen molar-refractivity contribution in [3.63, 3.8) is 0 Å². The zero-order chi connectivity index (χ0) is 13.7. The van der Waals surface area contributed by atoms with Gasteiger partial charge >= 0.3 is 6.03 Å². The van der Waals surface area contributed by atoms with Gasteiger partial charge in [0.2, 0.25) is 0 Å². The number of aliphatic hydroxyl groups excluding tert-OH is 1. The van der Waals surface area contributed by atoms with Crippen LogP contribution in [0.4, 0.5) is 19.3 Å². The molecule has 1 aromatic carbocycles. The maximum atomic E-state index is 13.4. The highest BCUT2D eigenvalue weighted by Gasteiger charge is 2.12. The van der Waals surface area contributed by atoms with Crippen LogP contribution in [0.3, 0.4) is 0 Å². The number of hydrogen-bond donors (Lipinski definition) is 3. The summed E-state index contributed by atoms with van der Waals surface area (Å²) in [5.74, 6) is -1.41. The minimum absolute atomic E-state index is 0.0143. The maximum absolute atomic E-state index is 13.4. The summed E-state index contributed by atoms with van der Waals surface area (Å²) in [6.07, 6.45) is 0.380. The standard InChI is InChI=1S/C11H13BrF2N2O2/c1-6(2-3-17)15-11(18)16-10-5-8(13)7(12)4-9(10)14/h4-6,17H,2-3H2,1H3,(H2,15,16,18)/t6-/m1/s1. The van der Waals surface area contributed by atoms with Crippen molar-refractivity contribution < 1.29 is 18.7 Å². The molecule has 0 aliphatic carbocycles. The van der Waals surface area contributed by atoms with Gasteiger partial charge < -0.3 is 15.7 Å². The summed E-state index contributed by atoms with van der Waals surface area (Å²) in [5, 5.41) is 13.3. The SMILES string of the molecule is C[C@H](CCO)NC(=O)Nc1cc(F)c(Br)cc1F. The van der Waals surface area contributed by atoms with Gasteiger partial charge in [0.15, 0.2) is 0 Å². The number of hydrogen-bond acceptors (Lipinski definition) is 2. The van der Waals surface area contributed by atoms with Gasteiger partial charge in [-0.1, -0.05) is 0 Å². The van der Waals surface area contributed by atoms with E-state index in [1.165, 1.54) is 0 Å². The molecule has 2 amide bonds. The Morgan fingerprint density at radius 2 is 2.11 bits per heavy atom. The van der Waals surface area contributed by atoms with Crippen molar-refractivity contribution in [2.45, 2.75) is 19.4 Å². The lowest BCUT2D eigenvalue weighted by Crippen LogP contribution is -2.36. The van der Waals surface area contributed by atoms with E-state index >= 15 is 0 Å². The fourth-order valence-corrected chi connectivity index (χ4v) is 1.58. The second kappa shape index (κ2) is 6.65. The van der Waals surface area contributed by atoms with Gasteiger partial charge in [-0.05, 0) is 35.3 Å². The third-order valence-corrected chi connectivity index (χ3v) is 2.81. The van der Waals surface area contributed by atoms with Crippen LogP contribution in [0.2, 0.25) is 0 Å². The van der Waals surface area contributed by atoms with Gasteiger partial charge in [0, 0.05) is 18.7 Å². The van der Waals surface area contributed by atoms with E-state index in [2.05, 4.69) is 26.6 Å². The van der Waals surface area contributed by atoms with E-state index in [1.807, 2.05) is 0 Å². The third kappa shape index (κ3) is 4.23. The van der Waals surface area contributed by atoms with Crippen LogP contribution in [-0.2, 0) is 0 Å². The predicted octanol–water partition coefficient (Wildman–Crippen LogP) is 2.62. The number of benzene rings is 1. The van der Waals surface area contributed by atoms with E-state index in [1.54, 1.807) is 6.92 Å². The van der Waals surface area contributed by atoms with Crippen LogP contribution >= 0.6 is 15.9 Å². The second-order valence-corrected chi connectivity index (χ2v) is 4.61. The summed E-state index contributed by atoms with van der Waals surface area (Å²) in [4.78, 5) is 11.4. The lowest BCUT2D eigenvalue weighted by Gasteiger charge is -2.14. The average molecular weight is 323 g/mol. The van der Waals surface area contributed by atoms with Crippen molar-refractivity contribution in [3.05, 3.63) is 28.2 Å². The molecular weight excluding hydrogens is 310 g/mol. The Bertz CT molecular complexity index is 443. The van der Waals surface area contributed by atoms with Crippen molar-refractivity contribution in [1.29, 1.82) is 0 Å². The number of halogens is 3. The molecule has 0 spiro atoms. The van der Waals surface area contributed by atoms with Gasteiger partial charge in [0.1, 0.15) is 11.6 Å². The molecule has 3 N–H and O–H groups in total. The van der Waals surface area contributed by atoms with Crippen LogP contribution < -0.4 is 10.6 Å². The van der Waals surface area contributed by atoms with E-state index in [0.717, 1.165) is 12.1 Å². The Kier molecular flexibility index (Phi) is 5.49. The minimum Gasteiger partial charge on any atom is -0.396 e. The first-order valence-corrected chi connectivity index (χ1v) is 6.06. The van der Waals surface area contributed by atoms with Crippen molar-refractivity contribution in [1.82, 2.24) is 5.32 Å². The molecule has 0 heterocycles. The van der Waals surface area contributed by atoms with E-state index in [-0.39, 0.29) is 22.8 Å². The van der Waals surface area contributed by atoms with Gasteiger partial charge in [0.05, 0.1) is 10.2 Å². The normalized spacial score (nSPS) is 12.1. The fraction of sp³-hybridized carbons (Fsp3) is 0.364. The molecule has 0 fully saturated rings. The molecule has 0 saturated heterocycles. The Hall–Kier alpha value is -1.21. The number of aliphatic hydroxyl groups is 1. The number of urea groups is 1. The van der Waals surface area contributed by atoms with Crippen molar-refractivity contribution in [2.75, 3.05) is 11.9 Å². The first-order chi connectivity index (χ1) is 8.43. The topological polar surface area (TPSA) is 61.4 Å². The molecule has 0 bridgehead atoms. The van der Waals surface area contributed by atoms with Gasteiger partial charge in [-0.15, -0.1) is 0 Å². The van der Waals surface area contributed by atoms with Crippen molar-refractivity contribution in [2.24, 2.45) is 0 Å². The molecule has 0 aliphatic rings. The van der Waals surface area contributed by atoms with Gasteiger partial charge in [0.25, 0.3) is 0 Å². The minimum atomic E-state index is -0.742. The molecule has 18 heavy (non-hydrogen) atoms.